The van der Waals surface area contributed by atoms with Crippen LogP contribution in [-0.4, -0.2) is 62.8 Å². The number of morpholine rings is 1. The number of benzene rings is 2. The van der Waals surface area contributed by atoms with Gasteiger partial charge in [0.25, 0.3) is 5.91 Å². The fourth-order valence-corrected chi connectivity index (χ4v) is 5.54. The average Bonchev–Trinajstić information content (AvgIpc) is 3.30. The van der Waals surface area contributed by atoms with Crippen LogP contribution in [0.25, 0.3) is 22.1 Å². The number of nitrogens with zero attached hydrogens (tertiary/aromatic N) is 2. The Morgan fingerprint density at radius 3 is 2.50 bits per heavy atom. The summed E-state index contributed by atoms with van der Waals surface area (Å²) in [7, 11) is 0. The molecule has 2 aromatic carbocycles. The van der Waals surface area contributed by atoms with Crippen LogP contribution in [0.15, 0.2) is 52.9 Å². The van der Waals surface area contributed by atoms with Gasteiger partial charge in [0.15, 0.2) is 5.76 Å². The monoisotopic (exact) mass is 431 g/mol. The number of furan rings is 1. The number of rotatable bonds is 4. The zero-order valence-corrected chi connectivity index (χ0v) is 18.3. The van der Waals surface area contributed by atoms with Crippen molar-refractivity contribution in [3.8, 4) is 11.1 Å². The Hall–Kier alpha value is -2.83. The number of hydrogen-bond acceptors (Lipinski definition) is 5. The van der Waals surface area contributed by atoms with Gasteiger partial charge in [0.2, 0.25) is 0 Å². The fourth-order valence-electron chi connectivity index (χ4n) is 5.54. The summed E-state index contributed by atoms with van der Waals surface area (Å²) in [5.74, 6) is 0.879. The summed E-state index contributed by atoms with van der Waals surface area (Å²) < 4.78 is 11.8. The van der Waals surface area contributed by atoms with Gasteiger partial charge in [-0.15, -0.1) is 0 Å². The number of para-hydroxylation sites is 2. The van der Waals surface area contributed by atoms with Crippen molar-refractivity contribution in [2.24, 2.45) is 5.92 Å². The first-order valence-corrected chi connectivity index (χ1v) is 11.7. The van der Waals surface area contributed by atoms with Crippen LogP contribution in [0.3, 0.4) is 0 Å². The quantitative estimate of drug-likeness (QED) is 0.682. The molecule has 6 heteroatoms. The number of carbonyl (C=O) groups is 1. The molecule has 0 aliphatic carbocycles. The van der Waals surface area contributed by atoms with E-state index in [-0.39, 0.29) is 11.9 Å². The molecule has 5 heterocycles. The Kier molecular flexibility index (Phi) is 5.12. The first-order chi connectivity index (χ1) is 15.8. The van der Waals surface area contributed by atoms with Gasteiger partial charge in [0.05, 0.1) is 13.2 Å². The summed E-state index contributed by atoms with van der Waals surface area (Å²) in [6.07, 6.45) is 2.35. The van der Waals surface area contributed by atoms with Gasteiger partial charge in [0, 0.05) is 47.9 Å². The van der Waals surface area contributed by atoms with Crippen molar-refractivity contribution in [3.05, 3.63) is 54.3 Å². The van der Waals surface area contributed by atoms with Crippen molar-refractivity contribution in [1.82, 2.24) is 10.2 Å². The molecule has 3 aromatic rings. The first kappa shape index (κ1) is 19.8. The minimum absolute atomic E-state index is 0.104. The highest BCUT2D eigenvalue weighted by Gasteiger charge is 2.35. The first-order valence-electron chi connectivity index (χ1n) is 11.7. The van der Waals surface area contributed by atoms with Crippen LogP contribution in [0.1, 0.15) is 23.4 Å². The van der Waals surface area contributed by atoms with E-state index in [9.17, 15) is 4.79 Å². The number of nitrogens with one attached hydrogen (secondary N) is 1. The van der Waals surface area contributed by atoms with Crippen molar-refractivity contribution in [3.63, 3.8) is 0 Å². The molecule has 7 rings (SSSR count). The van der Waals surface area contributed by atoms with Crippen LogP contribution in [0, 0.1) is 5.92 Å². The SMILES string of the molecule is O=C(N[C@H]1CN2CCC1CC2)c1cc2cccc(-c3ccccc3N3CCOCC3)c2o1. The van der Waals surface area contributed by atoms with Crippen LogP contribution in [0.4, 0.5) is 5.69 Å². The van der Waals surface area contributed by atoms with Crippen LogP contribution in [0.5, 0.6) is 0 Å². The Bertz CT molecular complexity index is 1130. The lowest BCUT2D eigenvalue weighted by atomic mass is 9.84. The molecule has 166 valence electrons. The molecule has 1 amide bonds. The van der Waals surface area contributed by atoms with E-state index in [1.807, 2.05) is 18.2 Å². The van der Waals surface area contributed by atoms with Gasteiger partial charge in [-0.25, -0.2) is 0 Å². The third kappa shape index (κ3) is 3.57. The van der Waals surface area contributed by atoms with Gasteiger partial charge in [-0.05, 0) is 44.0 Å². The van der Waals surface area contributed by atoms with E-state index in [0.29, 0.717) is 11.7 Å². The third-order valence-electron chi connectivity index (χ3n) is 7.29. The second-order valence-electron chi connectivity index (χ2n) is 9.17. The number of amides is 1. The lowest BCUT2D eigenvalue weighted by molar-refractivity contribution is 0.0607. The Labute approximate surface area is 188 Å². The molecule has 32 heavy (non-hydrogen) atoms. The van der Waals surface area contributed by atoms with Gasteiger partial charge in [-0.2, -0.15) is 0 Å². The maximum Gasteiger partial charge on any atom is 0.287 e. The number of ether oxygens (including phenoxy) is 1. The third-order valence-corrected chi connectivity index (χ3v) is 7.29. The minimum Gasteiger partial charge on any atom is -0.450 e. The van der Waals surface area contributed by atoms with Gasteiger partial charge in [-0.1, -0.05) is 36.4 Å². The van der Waals surface area contributed by atoms with Gasteiger partial charge in [0.1, 0.15) is 5.58 Å². The maximum absolute atomic E-state index is 13.1. The molecule has 0 spiro atoms. The molecule has 2 bridgehead atoms. The highest BCUT2D eigenvalue weighted by atomic mass is 16.5. The van der Waals surface area contributed by atoms with E-state index in [2.05, 4.69) is 45.4 Å². The summed E-state index contributed by atoms with van der Waals surface area (Å²) in [6, 6.07) is 16.7. The van der Waals surface area contributed by atoms with Crippen molar-refractivity contribution < 1.29 is 13.9 Å². The standard InChI is InChI=1S/C26H29N3O3/c30-26(27-22-17-28-10-8-18(22)9-11-28)24-16-19-4-3-6-21(25(19)32-24)20-5-1-2-7-23(20)29-12-14-31-15-13-29/h1-7,16,18,22H,8-15,17H2,(H,27,30)/t22-/m0/s1. The highest BCUT2D eigenvalue weighted by molar-refractivity contribution is 6.01. The number of carbonyl (C=O) groups excluding carboxylic acids is 1. The van der Waals surface area contributed by atoms with Crippen molar-refractivity contribution in [2.45, 2.75) is 18.9 Å². The van der Waals surface area contributed by atoms with Crippen LogP contribution >= 0.6 is 0 Å². The van der Waals surface area contributed by atoms with Gasteiger partial charge in [-0.3, -0.25) is 4.79 Å². The number of hydrogen-bond donors (Lipinski definition) is 1. The maximum atomic E-state index is 13.1. The topological polar surface area (TPSA) is 58.0 Å². The van der Waals surface area contributed by atoms with E-state index in [1.54, 1.807) is 0 Å². The highest BCUT2D eigenvalue weighted by Crippen LogP contribution is 2.37. The molecule has 4 saturated heterocycles. The summed E-state index contributed by atoms with van der Waals surface area (Å²) in [4.78, 5) is 17.9. The van der Waals surface area contributed by atoms with Gasteiger partial charge >= 0.3 is 0 Å². The van der Waals surface area contributed by atoms with Gasteiger partial charge < -0.3 is 24.3 Å². The Morgan fingerprint density at radius 1 is 0.938 bits per heavy atom. The molecule has 1 N–H and O–H groups in total. The summed E-state index contributed by atoms with van der Waals surface area (Å²) >= 11 is 0. The predicted molar refractivity (Wildman–Crippen MR) is 125 cm³/mol. The predicted octanol–water partition coefficient (Wildman–Crippen LogP) is 3.76. The average molecular weight is 432 g/mol. The molecule has 1 atom stereocenters. The zero-order valence-electron chi connectivity index (χ0n) is 18.3. The molecule has 1 aromatic heterocycles. The van der Waals surface area contributed by atoms with Crippen LogP contribution in [-0.2, 0) is 4.74 Å². The molecule has 6 nitrogen and oxygen atoms in total. The summed E-state index contributed by atoms with van der Waals surface area (Å²) in [5.41, 5.74) is 4.09. The van der Waals surface area contributed by atoms with E-state index >= 15 is 0 Å². The lowest BCUT2D eigenvalue weighted by Crippen LogP contribution is -2.57. The largest absolute Gasteiger partial charge is 0.450 e. The van der Waals surface area contributed by atoms with Crippen molar-refractivity contribution in [2.75, 3.05) is 50.8 Å². The van der Waals surface area contributed by atoms with E-state index in [0.717, 1.165) is 68.0 Å². The Morgan fingerprint density at radius 2 is 1.72 bits per heavy atom. The minimum atomic E-state index is -0.104. The smallest absolute Gasteiger partial charge is 0.287 e. The number of anilines is 1. The molecule has 4 aliphatic heterocycles. The van der Waals surface area contributed by atoms with Crippen LogP contribution in [0.2, 0.25) is 0 Å². The number of piperidine rings is 3. The Balaban J connectivity index is 1.31. The molecule has 4 fully saturated rings. The van der Waals surface area contributed by atoms with Crippen molar-refractivity contribution >= 4 is 22.6 Å². The van der Waals surface area contributed by atoms with Crippen molar-refractivity contribution in [1.29, 1.82) is 0 Å². The summed E-state index contributed by atoms with van der Waals surface area (Å²) in [5, 5.41) is 4.21. The van der Waals surface area contributed by atoms with Crippen LogP contribution < -0.4 is 10.2 Å². The molecular formula is C26H29N3O3. The summed E-state index contributed by atoms with van der Waals surface area (Å²) in [6.45, 7) is 6.50. The normalized spacial score (nSPS) is 25.2. The molecular weight excluding hydrogens is 402 g/mol. The fraction of sp³-hybridized carbons (Fsp3) is 0.423. The molecule has 0 saturated carbocycles. The zero-order chi connectivity index (χ0) is 21.5. The molecule has 4 aliphatic rings. The number of fused-ring (bicyclic) bond motifs is 4. The molecule has 0 unspecified atom stereocenters. The second-order valence-corrected chi connectivity index (χ2v) is 9.17. The van der Waals surface area contributed by atoms with E-state index in [4.69, 9.17) is 9.15 Å². The molecule has 0 radical (unpaired) electrons. The second kappa shape index (κ2) is 8.26. The lowest BCUT2D eigenvalue weighted by Gasteiger charge is -2.44. The van der Waals surface area contributed by atoms with E-state index < -0.39 is 0 Å². The van der Waals surface area contributed by atoms with E-state index in [1.165, 1.54) is 18.5 Å².